The molecule has 1 atom stereocenters. The van der Waals surface area contributed by atoms with Gasteiger partial charge < -0.3 is 10.1 Å². The Morgan fingerprint density at radius 2 is 2.00 bits per heavy atom. The quantitative estimate of drug-likeness (QED) is 0.657. The molecule has 122 valence electrons. The SMILES string of the molecule is COc1ccc(/C=C(/C#N)C(=O)N[C@@H](C)c2ccccc2)cc1Cl. The lowest BCUT2D eigenvalue weighted by molar-refractivity contribution is -0.117. The highest BCUT2D eigenvalue weighted by Gasteiger charge is 2.14. The summed E-state index contributed by atoms with van der Waals surface area (Å²) < 4.78 is 5.08. The molecule has 0 spiro atoms. The average molecular weight is 341 g/mol. The number of nitrogens with zero attached hydrogens (tertiary/aromatic N) is 1. The van der Waals surface area contributed by atoms with Crippen LogP contribution in [0.1, 0.15) is 24.1 Å². The van der Waals surface area contributed by atoms with Crippen LogP contribution in [0.4, 0.5) is 0 Å². The Hall–Kier alpha value is -2.77. The van der Waals surface area contributed by atoms with Crippen molar-refractivity contribution in [3.05, 3.63) is 70.3 Å². The van der Waals surface area contributed by atoms with Crippen molar-refractivity contribution in [3.63, 3.8) is 0 Å². The van der Waals surface area contributed by atoms with Crippen LogP contribution in [0.15, 0.2) is 54.1 Å². The topological polar surface area (TPSA) is 62.1 Å². The Labute approximate surface area is 146 Å². The average Bonchev–Trinajstić information content (AvgIpc) is 2.60. The Morgan fingerprint density at radius 3 is 2.58 bits per heavy atom. The molecule has 2 aromatic carbocycles. The first kappa shape index (κ1) is 17.6. The monoisotopic (exact) mass is 340 g/mol. The van der Waals surface area contributed by atoms with Gasteiger partial charge in [0.15, 0.2) is 0 Å². The minimum absolute atomic E-state index is 0.0130. The fourth-order valence-electron chi connectivity index (χ4n) is 2.19. The number of amides is 1. The fraction of sp³-hybridized carbons (Fsp3) is 0.158. The van der Waals surface area contributed by atoms with E-state index < -0.39 is 5.91 Å². The largest absolute Gasteiger partial charge is 0.495 e. The normalized spacial score (nSPS) is 12.2. The summed E-state index contributed by atoms with van der Waals surface area (Å²) in [6.07, 6.45) is 1.50. The molecule has 0 unspecified atom stereocenters. The van der Waals surface area contributed by atoms with Crippen LogP contribution in [-0.2, 0) is 4.79 Å². The molecule has 0 saturated carbocycles. The lowest BCUT2D eigenvalue weighted by atomic mass is 10.1. The Morgan fingerprint density at radius 1 is 1.29 bits per heavy atom. The van der Waals surface area contributed by atoms with E-state index in [4.69, 9.17) is 16.3 Å². The number of hydrogen-bond donors (Lipinski definition) is 1. The fourth-order valence-corrected chi connectivity index (χ4v) is 2.45. The first-order valence-electron chi connectivity index (χ1n) is 7.36. The van der Waals surface area contributed by atoms with E-state index in [9.17, 15) is 10.1 Å². The zero-order valence-electron chi connectivity index (χ0n) is 13.4. The number of carbonyl (C=O) groups is 1. The van der Waals surface area contributed by atoms with Gasteiger partial charge in [-0.15, -0.1) is 0 Å². The summed E-state index contributed by atoms with van der Waals surface area (Å²) >= 11 is 6.06. The maximum atomic E-state index is 12.3. The van der Waals surface area contributed by atoms with Gasteiger partial charge in [0, 0.05) is 0 Å². The first-order chi connectivity index (χ1) is 11.5. The highest BCUT2D eigenvalue weighted by molar-refractivity contribution is 6.32. The molecule has 5 heteroatoms. The summed E-state index contributed by atoms with van der Waals surface area (Å²) in [6.45, 7) is 1.87. The summed E-state index contributed by atoms with van der Waals surface area (Å²) in [5.74, 6) is 0.107. The van der Waals surface area contributed by atoms with Crippen LogP contribution >= 0.6 is 11.6 Å². The molecule has 0 aromatic heterocycles. The van der Waals surface area contributed by atoms with Crippen LogP contribution in [0.3, 0.4) is 0 Å². The van der Waals surface area contributed by atoms with E-state index in [1.807, 2.05) is 43.3 Å². The number of ether oxygens (including phenoxy) is 1. The van der Waals surface area contributed by atoms with Crippen molar-refractivity contribution in [1.29, 1.82) is 5.26 Å². The summed E-state index contributed by atoms with van der Waals surface area (Å²) in [7, 11) is 1.52. The molecule has 0 aliphatic rings. The third kappa shape index (κ3) is 4.37. The van der Waals surface area contributed by atoms with Crippen molar-refractivity contribution in [3.8, 4) is 11.8 Å². The molecule has 24 heavy (non-hydrogen) atoms. The summed E-state index contributed by atoms with van der Waals surface area (Å²) in [6, 6.07) is 16.3. The van der Waals surface area contributed by atoms with Gasteiger partial charge >= 0.3 is 0 Å². The maximum Gasteiger partial charge on any atom is 0.262 e. The van der Waals surface area contributed by atoms with Gasteiger partial charge in [-0.1, -0.05) is 48.0 Å². The minimum Gasteiger partial charge on any atom is -0.495 e. The van der Waals surface area contributed by atoms with E-state index in [1.165, 1.54) is 13.2 Å². The van der Waals surface area contributed by atoms with Gasteiger partial charge in [-0.2, -0.15) is 5.26 Å². The Bertz CT molecular complexity index is 795. The van der Waals surface area contributed by atoms with Gasteiger partial charge in [-0.05, 0) is 36.3 Å². The molecule has 2 aromatic rings. The molecule has 0 aliphatic heterocycles. The molecule has 0 fully saturated rings. The van der Waals surface area contributed by atoms with Crippen LogP contribution in [0.25, 0.3) is 6.08 Å². The predicted molar refractivity (Wildman–Crippen MR) is 94.6 cm³/mol. The molecule has 0 bridgehead atoms. The van der Waals surface area contributed by atoms with Crippen LogP contribution in [0.5, 0.6) is 5.75 Å². The molecule has 0 aliphatic carbocycles. The standard InChI is InChI=1S/C19H17ClN2O2/c1-13(15-6-4-3-5-7-15)22-19(23)16(12-21)10-14-8-9-18(24-2)17(20)11-14/h3-11,13H,1-2H3,(H,22,23)/b16-10-/t13-/m0/s1. The lowest BCUT2D eigenvalue weighted by Gasteiger charge is -2.13. The third-order valence-electron chi connectivity index (χ3n) is 3.50. The van der Waals surface area contributed by atoms with Crippen LogP contribution in [0, 0.1) is 11.3 Å². The third-order valence-corrected chi connectivity index (χ3v) is 3.79. The number of rotatable bonds is 5. The van der Waals surface area contributed by atoms with Gasteiger partial charge in [0.1, 0.15) is 17.4 Å². The van der Waals surface area contributed by atoms with Crippen molar-refractivity contribution >= 4 is 23.6 Å². The van der Waals surface area contributed by atoms with Crippen molar-refractivity contribution in [2.75, 3.05) is 7.11 Å². The van der Waals surface area contributed by atoms with E-state index in [-0.39, 0.29) is 11.6 Å². The molecular weight excluding hydrogens is 324 g/mol. The van der Waals surface area contributed by atoms with E-state index >= 15 is 0 Å². The van der Waals surface area contributed by atoms with Gasteiger partial charge in [-0.3, -0.25) is 4.79 Å². The summed E-state index contributed by atoms with van der Waals surface area (Å²) in [4.78, 5) is 12.3. The van der Waals surface area contributed by atoms with Crippen molar-refractivity contribution in [2.45, 2.75) is 13.0 Å². The van der Waals surface area contributed by atoms with Crippen molar-refractivity contribution in [2.24, 2.45) is 0 Å². The number of benzene rings is 2. The molecule has 0 heterocycles. The lowest BCUT2D eigenvalue weighted by Crippen LogP contribution is -2.27. The highest BCUT2D eigenvalue weighted by atomic mass is 35.5. The number of hydrogen-bond acceptors (Lipinski definition) is 3. The molecule has 2 rings (SSSR count). The maximum absolute atomic E-state index is 12.3. The van der Waals surface area contributed by atoms with Gasteiger partial charge in [0.05, 0.1) is 18.2 Å². The molecule has 0 saturated heterocycles. The second-order valence-electron chi connectivity index (χ2n) is 5.17. The van der Waals surface area contributed by atoms with E-state index in [0.29, 0.717) is 16.3 Å². The highest BCUT2D eigenvalue weighted by Crippen LogP contribution is 2.26. The Balaban J connectivity index is 2.17. The predicted octanol–water partition coefficient (Wildman–Crippen LogP) is 4.13. The number of nitriles is 1. The molecule has 0 radical (unpaired) electrons. The second kappa shape index (κ2) is 8.19. The first-order valence-corrected chi connectivity index (χ1v) is 7.74. The number of halogens is 1. The van der Waals surface area contributed by atoms with E-state index in [1.54, 1.807) is 18.2 Å². The van der Waals surface area contributed by atoms with Gasteiger partial charge in [0.25, 0.3) is 5.91 Å². The van der Waals surface area contributed by atoms with E-state index in [2.05, 4.69) is 5.32 Å². The number of carbonyl (C=O) groups excluding carboxylic acids is 1. The number of methoxy groups -OCH3 is 1. The number of nitrogens with one attached hydrogen (secondary N) is 1. The van der Waals surface area contributed by atoms with Crippen LogP contribution in [-0.4, -0.2) is 13.0 Å². The van der Waals surface area contributed by atoms with Crippen molar-refractivity contribution in [1.82, 2.24) is 5.32 Å². The van der Waals surface area contributed by atoms with Crippen molar-refractivity contribution < 1.29 is 9.53 Å². The van der Waals surface area contributed by atoms with Crippen LogP contribution in [0.2, 0.25) is 5.02 Å². The zero-order chi connectivity index (χ0) is 17.5. The van der Waals surface area contributed by atoms with Crippen LogP contribution < -0.4 is 10.1 Å². The molecular formula is C19H17ClN2O2. The zero-order valence-corrected chi connectivity index (χ0v) is 14.2. The van der Waals surface area contributed by atoms with E-state index in [0.717, 1.165) is 5.56 Å². The van der Waals surface area contributed by atoms with Gasteiger partial charge in [0.2, 0.25) is 0 Å². The minimum atomic E-state index is -0.430. The van der Waals surface area contributed by atoms with Gasteiger partial charge in [-0.25, -0.2) is 0 Å². The summed E-state index contributed by atoms with van der Waals surface area (Å²) in [5.41, 5.74) is 1.63. The smallest absolute Gasteiger partial charge is 0.262 e. The Kier molecular flexibility index (Phi) is 6.00. The molecule has 1 N–H and O–H groups in total. The molecule has 4 nitrogen and oxygen atoms in total. The molecule has 1 amide bonds. The summed E-state index contributed by atoms with van der Waals surface area (Å²) in [5, 5.41) is 12.5. The second-order valence-corrected chi connectivity index (χ2v) is 5.58.